The quantitative estimate of drug-likeness (QED) is 0.553. The summed E-state index contributed by atoms with van der Waals surface area (Å²) in [5.74, 6) is 1.83. The van der Waals surface area contributed by atoms with E-state index < -0.39 is 0 Å². The number of nitrogen functional groups attached to an aromatic ring is 1. The number of hydrogen-bond donors (Lipinski definition) is 2. The third-order valence-corrected chi connectivity index (χ3v) is 3.37. The molecule has 120 valence electrons. The van der Waals surface area contributed by atoms with Crippen LogP contribution in [-0.2, 0) is 0 Å². The third kappa shape index (κ3) is 3.03. The molecule has 6 nitrogen and oxygen atoms in total. The van der Waals surface area contributed by atoms with Crippen LogP contribution in [0.1, 0.15) is 6.92 Å². The molecule has 0 aliphatic carbocycles. The highest BCUT2D eigenvalue weighted by Crippen LogP contribution is 2.29. The number of benzene rings is 1. The maximum absolute atomic E-state index is 5.94. The van der Waals surface area contributed by atoms with Crippen molar-refractivity contribution in [2.75, 3.05) is 5.73 Å². The van der Waals surface area contributed by atoms with E-state index in [-0.39, 0.29) is 0 Å². The molecule has 0 bridgehead atoms. The Morgan fingerprint density at radius 1 is 1.25 bits per heavy atom. The predicted molar refractivity (Wildman–Crippen MR) is 95.3 cm³/mol. The van der Waals surface area contributed by atoms with Crippen LogP contribution in [0.4, 0.5) is 5.82 Å². The van der Waals surface area contributed by atoms with E-state index in [0.29, 0.717) is 22.6 Å². The molecule has 0 amide bonds. The van der Waals surface area contributed by atoms with Crippen LogP contribution in [0, 0.1) is 0 Å². The number of aromatic nitrogens is 4. The molecule has 3 rings (SSSR count). The molecule has 0 saturated heterocycles. The second-order valence-corrected chi connectivity index (χ2v) is 4.99. The molecular weight excluding hydrogens is 302 g/mol. The average molecular weight is 319 g/mol. The van der Waals surface area contributed by atoms with Gasteiger partial charge in [0.15, 0.2) is 5.65 Å². The Bertz CT molecular complexity index is 922. The number of rotatable bonds is 5. The molecule has 0 aliphatic heterocycles. The smallest absolute Gasteiger partial charge is 0.186 e. The molecule has 0 radical (unpaired) electrons. The molecule has 6 heteroatoms. The number of ether oxygens (including phenoxy) is 1. The van der Waals surface area contributed by atoms with Crippen LogP contribution in [0.15, 0.2) is 67.2 Å². The van der Waals surface area contributed by atoms with Crippen LogP contribution in [0.25, 0.3) is 22.3 Å². The Kier molecular flexibility index (Phi) is 4.38. The molecule has 24 heavy (non-hydrogen) atoms. The second kappa shape index (κ2) is 6.78. The van der Waals surface area contributed by atoms with E-state index in [1.165, 1.54) is 6.33 Å². The molecule has 0 fully saturated rings. The van der Waals surface area contributed by atoms with Gasteiger partial charge in [-0.25, -0.2) is 9.97 Å². The van der Waals surface area contributed by atoms with E-state index in [2.05, 4.69) is 26.7 Å². The molecule has 1 aromatic carbocycles. The van der Waals surface area contributed by atoms with E-state index in [4.69, 9.17) is 10.5 Å². The van der Waals surface area contributed by atoms with Crippen LogP contribution in [0.3, 0.4) is 0 Å². The Labute approximate surface area is 139 Å². The maximum Gasteiger partial charge on any atom is 0.186 e. The average Bonchev–Trinajstić information content (AvgIpc) is 3.02. The first-order chi connectivity index (χ1) is 11.7. The molecule has 0 saturated carbocycles. The number of hydrogen-bond acceptors (Lipinski definition) is 5. The minimum absolute atomic E-state index is 0.397. The van der Waals surface area contributed by atoms with E-state index in [9.17, 15) is 0 Å². The zero-order chi connectivity index (χ0) is 16.9. The van der Waals surface area contributed by atoms with Gasteiger partial charge in [-0.2, -0.15) is 5.10 Å². The van der Waals surface area contributed by atoms with Crippen LogP contribution in [-0.4, -0.2) is 20.2 Å². The van der Waals surface area contributed by atoms with Gasteiger partial charge in [-0.05, 0) is 43.3 Å². The fraction of sp³-hybridized carbons (Fsp3) is 0.0556. The standard InChI is InChI=1S/C18H17N5O/c1-3-5-13(6-4-2)24-14-9-7-12(8-10-14)16-15-17(19)20-11-21-18(15)23-22-16/h3-11H,1H2,2H3,(H3,19,20,21,22,23)/b6-4-,13-5+. The van der Waals surface area contributed by atoms with Crippen molar-refractivity contribution in [1.29, 1.82) is 0 Å². The van der Waals surface area contributed by atoms with Gasteiger partial charge in [0, 0.05) is 5.56 Å². The first-order valence-corrected chi connectivity index (χ1v) is 7.41. The molecule has 2 aromatic heterocycles. The zero-order valence-corrected chi connectivity index (χ0v) is 13.2. The number of aromatic amines is 1. The van der Waals surface area contributed by atoms with E-state index in [0.717, 1.165) is 17.0 Å². The number of nitrogens with one attached hydrogen (secondary N) is 1. The molecule has 0 atom stereocenters. The SMILES string of the molecule is C=C/C=C(\C=C/C)Oc1ccc(-c2[nH]nc3ncnc(N)c23)cc1. The van der Waals surface area contributed by atoms with Gasteiger partial charge in [0.1, 0.15) is 23.7 Å². The summed E-state index contributed by atoms with van der Waals surface area (Å²) in [4.78, 5) is 8.12. The molecule has 3 N–H and O–H groups in total. The van der Waals surface area contributed by atoms with Crippen molar-refractivity contribution in [3.05, 3.63) is 67.2 Å². The summed E-state index contributed by atoms with van der Waals surface area (Å²) in [6.07, 6.45) is 8.66. The maximum atomic E-state index is 5.94. The molecule has 0 spiro atoms. The van der Waals surface area contributed by atoms with Gasteiger partial charge < -0.3 is 10.5 Å². The Hall–Kier alpha value is -3.41. The number of fused-ring (bicyclic) bond motifs is 1. The summed E-state index contributed by atoms with van der Waals surface area (Å²) >= 11 is 0. The third-order valence-electron chi connectivity index (χ3n) is 3.37. The fourth-order valence-corrected chi connectivity index (χ4v) is 2.32. The lowest BCUT2D eigenvalue weighted by molar-refractivity contribution is 0.444. The number of H-pyrrole nitrogens is 1. The summed E-state index contributed by atoms with van der Waals surface area (Å²) < 4.78 is 5.81. The van der Waals surface area contributed by atoms with Crippen molar-refractivity contribution >= 4 is 16.9 Å². The Morgan fingerprint density at radius 2 is 2.04 bits per heavy atom. The van der Waals surface area contributed by atoms with Crippen molar-refractivity contribution in [2.24, 2.45) is 0 Å². The van der Waals surface area contributed by atoms with Crippen molar-refractivity contribution in [1.82, 2.24) is 20.2 Å². The van der Waals surface area contributed by atoms with Crippen molar-refractivity contribution < 1.29 is 4.74 Å². The molecule has 0 aliphatic rings. The largest absolute Gasteiger partial charge is 0.457 e. The van der Waals surface area contributed by atoms with Crippen molar-refractivity contribution in [3.63, 3.8) is 0 Å². The van der Waals surface area contributed by atoms with Crippen molar-refractivity contribution in [3.8, 4) is 17.0 Å². The first kappa shape index (κ1) is 15.5. The van der Waals surface area contributed by atoms with Gasteiger partial charge in [-0.1, -0.05) is 18.7 Å². The van der Waals surface area contributed by atoms with Gasteiger partial charge in [0.2, 0.25) is 0 Å². The highest BCUT2D eigenvalue weighted by atomic mass is 16.5. The van der Waals surface area contributed by atoms with Crippen LogP contribution in [0.2, 0.25) is 0 Å². The number of nitrogens with two attached hydrogens (primary N) is 1. The van der Waals surface area contributed by atoms with Crippen LogP contribution < -0.4 is 10.5 Å². The summed E-state index contributed by atoms with van der Waals surface area (Å²) in [5, 5.41) is 7.84. The van der Waals surface area contributed by atoms with Crippen LogP contribution >= 0.6 is 0 Å². The minimum Gasteiger partial charge on any atom is -0.457 e. The number of anilines is 1. The molecule has 0 unspecified atom stereocenters. The lowest BCUT2D eigenvalue weighted by Gasteiger charge is -2.07. The van der Waals surface area contributed by atoms with E-state index >= 15 is 0 Å². The first-order valence-electron chi connectivity index (χ1n) is 7.41. The summed E-state index contributed by atoms with van der Waals surface area (Å²) in [6, 6.07) is 7.61. The summed E-state index contributed by atoms with van der Waals surface area (Å²) in [6.45, 7) is 5.61. The highest BCUT2D eigenvalue weighted by Gasteiger charge is 2.12. The fourth-order valence-electron chi connectivity index (χ4n) is 2.32. The van der Waals surface area contributed by atoms with Gasteiger partial charge in [-0.15, -0.1) is 0 Å². The topological polar surface area (TPSA) is 89.7 Å². The van der Waals surface area contributed by atoms with Gasteiger partial charge in [-0.3, -0.25) is 5.10 Å². The lowest BCUT2D eigenvalue weighted by atomic mass is 10.1. The van der Waals surface area contributed by atoms with Gasteiger partial charge in [0.25, 0.3) is 0 Å². The number of nitrogens with zero attached hydrogens (tertiary/aromatic N) is 3. The number of allylic oxidation sites excluding steroid dienone is 4. The minimum atomic E-state index is 0.397. The van der Waals surface area contributed by atoms with E-state index in [1.54, 1.807) is 12.2 Å². The molecule has 2 heterocycles. The molecular formula is C18H17N5O. The predicted octanol–water partition coefficient (Wildman–Crippen LogP) is 3.63. The van der Waals surface area contributed by atoms with Gasteiger partial charge >= 0.3 is 0 Å². The highest BCUT2D eigenvalue weighted by molar-refractivity contribution is 5.97. The summed E-state index contributed by atoms with van der Waals surface area (Å²) in [7, 11) is 0. The van der Waals surface area contributed by atoms with Gasteiger partial charge in [0.05, 0.1) is 11.1 Å². The normalized spacial score (nSPS) is 12.0. The second-order valence-electron chi connectivity index (χ2n) is 4.99. The molecule has 3 aromatic rings. The van der Waals surface area contributed by atoms with Crippen molar-refractivity contribution in [2.45, 2.75) is 6.92 Å². The summed E-state index contributed by atoms with van der Waals surface area (Å²) in [5.41, 5.74) is 8.19. The zero-order valence-electron chi connectivity index (χ0n) is 13.2. The van der Waals surface area contributed by atoms with Crippen LogP contribution in [0.5, 0.6) is 5.75 Å². The van der Waals surface area contributed by atoms with E-state index in [1.807, 2.05) is 43.3 Å². The monoisotopic (exact) mass is 319 g/mol. The lowest BCUT2D eigenvalue weighted by Crippen LogP contribution is -1.93. The Balaban J connectivity index is 1.92. The Morgan fingerprint density at radius 3 is 2.75 bits per heavy atom.